The molecule has 2 aromatic rings. The lowest BCUT2D eigenvalue weighted by molar-refractivity contribution is -0.139. The Morgan fingerprint density at radius 3 is 2.48 bits per heavy atom. The first kappa shape index (κ1) is 14.9. The predicted octanol–water partition coefficient (Wildman–Crippen LogP) is 1.56. The number of aliphatic carboxylic acids is 1. The van der Waals surface area contributed by atoms with Crippen LogP contribution >= 0.6 is 11.6 Å². The van der Waals surface area contributed by atoms with Crippen LogP contribution in [0.4, 0.5) is 0 Å². The van der Waals surface area contributed by atoms with E-state index in [4.69, 9.17) is 11.6 Å². The highest BCUT2D eigenvalue weighted by atomic mass is 35.5. The molecule has 0 saturated carbocycles. The van der Waals surface area contributed by atoms with E-state index in [0.717, 1.165) is 5.56 Å². The molecular weight excluding hydrogens is 294 g/mol. The summed E-state index contributed by atoms with van der Waals surface area (Å²) in [5.74, 6) is -1.73. The van der Waals surface area contributed by atoms with E-state index in [-0.39, 0.29) is 17.3 Å². The molecule has 0 bridgehead atoms. The Bertz CT molecular complexity index is 632. The van der Waals surface area contributed by atoms with Gasteiger partial charge in [0.1, 0.15) is 16.9 Å². The van der Waals surface area contributed by atoms with Crippen molar-refractivity contribution in [1.29, 1.82) is 0 Å². The molecule has 1 atom stereocenters. The maximum atomic E-state index is 11.9. The number of carboxylic acids is 1. The van der Waals surface area contributed by atoms with Crippen molar-refractivity contribution in [1.82, 2.24) is 15.3 Å². The zero-order valence-electron chi connectivity index (χ0n) is 10.9. The van der Waals surface area contributed by atoms with E-state index in [0.29, 0.717) is 0 Å². The van der Waals surface area contributed by atoms with Gasteiger partial charge in [-0.2, -0.15) is 0 Å². The Morgan fingerprint density at radius 1 is 1.19 bits per heavy atom. The van der Waals surface area contributed by atoms with Crippen LogP contribution in [0.15, 0.2) is 42.7 Å². The van der Waals surface area contributed by atoms with Gasteiger partial charge in [-0.1, -0.05) is 41.9 Å². The number of nitrogens with one attached hydrogen (secondary N) is 1. The van der Waals surface area contributed by atoms with Crippen LogP contribution in [0.3, 0.4) is 0 Å². The van der Waals surface area contributed by atoms with Crippen molar-refractivity contribution in [2.75, 3.05) is 0 Å². The second-order valence-electron chi connectivity index (χ2n) is 4.28. The molecular formula is C14H12ClN3O3. The lowest BCUT2D eigenvalue weighted by Gasteiger charge is -2.14. The zero-order valence-corrected chi connectivity index (χ0v) is 11.6. The second kappa shape index (κ2) is 6.81. The molecule has 0 aliphatic carbocycles. The number of carbonyl (C=O) groups is 2. The summed E-state index contributed by atoms with van der Waals surface area (Å²) in [6.45, 7) is 0. The minimum atomic E-state index is -1.12. The molecule has 0 fully saturated rings. The second-order valence-corrected chi connectivity index (χ2v) is 4.67. The van der Waals surface area contributed by atoms with Crippen LogP contribution in [0.25, 0.3) is 0 Å². The van der Waals surface area contributed by atoms with Crippen molar-refractivity contribution in [3.05, 3.63) is 59.1 Å². The fourth-order valence-corrected chi connectivity index (χ4v) is 1.81. The van der Waals surface area contributed by atoms with Gasteiger partial charge < -0.3 is 10.4 Å². The minimum Gasteiger partial charge on any atom is -0.480 e. The van der Waals surface area contributed by atoms with Gasteiger partial charge in [0.2, 0.25) is 0 Å². The highest BCUT2D eigenvalue weighted by molar-refractivity contribution is 6.29. The maximum Gasteiger partial charge on any atom is 0.326 e. The molecule has 1 aromatic carbocycles. The molecule has 0 aliphatic rings. The quantitative estimate of drug-likeness (QED) is 0.874. The van der Waals surface area contributed by atoms with E-state index in [1.807, 2.05) is 6.07 Å². The monoisotopic (exact) mass is 305 g/mol. The number of halogens is 1. The molecule has 2 rings (SSSR count). The minimum absolute atomic E-state index is 0.0127. The largest absolute Gasteiger partial charge is 0.480 e. The van der Waals surface area contributed by atoms with Gasteiger partial charge in [0.05, 0.1) is 12.4 Å². The number of nitrogens with zero attached hydrogens (tertiary/aromatic N) is 2. The molecule has 1 amide bonds. The molecule has 1 aromatic heterocycles. The molecule has 21 heavy (non-hydrogen) atoms. The Kier molecular flexibility index (Phi) is 4.84. The summed E-state index contributed by atoms with van der Waals surface area (Å²) in [5.41, 5.74) is 0.825. The normalized spacial score (nSPS) is 11.7. The van der Waals surface area contributed by atoms with Crippen molar-refractivity contribution < 1.29 is 14.7 Å². The number of carbonyl (C=O) groups excluding carboxylic acids is 1. The molecule has 0 aliphatic heterocycles. The average Bonchev–Trinajstić information content (AvgIpc) is 2.48. The van der Waals surface area contributed by atoms with E-state index >= 15 is 0 Å². The van der Waals surface area contributed by atoms with Gasteiger partial charge in [-0.25, -0.2) is 14.8 Å². The lowest BCUT2D eigenvalue weighted by Crippen LogP contribution is -2.42. The number of rotatable bonds is 5. The van der Waals surface area contributed by atoms with Gasteiger partial charge in [-0.15, -0.1) is 0 Å². The first-order valence-corrected chi connectivity index (χ1v) is 6.49. The Balaban J connectivity index is 2.07. The molecule has 0 spiro atoms. The standard InChI is InChI=1S/C14H12ClN3O3/c15-12-8-16-11(7-17-12)13(19)18-10(14(20)21)6-9-4-2-1-3-5-9/h1-5,7-8,10H,6H2,(H,18,19)(H,20,21)/t10-/m0/s1. The number of benzene rings is 1. The van der Waals surface area contributed by atoms with Gasteiger partial charge in [0.25, 0.3) is 5.91 Å². The third kappa shape index (κ3) is 4.25. The van der Waals surface area contributed by atoms with E-state index in [9.17, 15) is 14.7 Å². The number of carboxylic acid groups (broad SMARTS) is 1. The van der Waals surface area contributed by atoms with Crippen LogP contribution in [0.1, 0.15) is 16.1 Å². The van der Waals surface area contributed by atoms with E-state index < -0.39 is 17.9 Å². The van der Waals surface area contributed by atoms with Crippen LogP contribution in [-0.4, -0.2) is 33.0 Å². The Morgan fingerprint density at radius 2 is 1.90 bits per heavy atom. The van der Waals surface area contributed by atoms with E-state index in [1.54, 1.807) is 24.3 Å². The number of amides is 1. The van der Waals surface area contributed by atoms with E-state index in [1.165, 1.54) is 12.4 Å². The summed E-state index contributed by atoms with van der Waals surface area (Å²) < 4.78 is 0. The van der Waals surface area contributed by atoms with Gasteiger partial charge in [0.15, 0.2) is 0 Å². The fourth-order valence-electron chi connectivity index (χ4n) is 1.71. The lowest BCUT2D eigenvalue weighted by atomic mass is 10.1. The van der Waals surface area contributed by atoms with Crippen LogP contribution in [0.2, 0.25) is 5.15 Å². The van der Waals surface area contributed by atoms with Gasteiger partial charge >= 0.3 is 5.97 Å². The third-order valence-electron chi connectivity index (χ3n) is 2.74. The summed E-state index contributed by atoms with van der Waals surface area (Å²) in [7, 11) is 0. The summed E-state index contributed by atoms with van der Waals surface area (Å²) in [6.07, 6.45) is 2.60. The molecule has 1 heterocycles. The Labute approximate surface area is 125 Å². The average molecular weight is 306 g/mol. The predicted molar refractivity (Wildman–Crippen MR) is 76.1 cm³/mol. The Hall–Kier alpha value is -2.47. The van der Waals surface area contributed by atoms with Gasteiger partial charge in [-0.3, -0.25) is 4.79 Å². The highest BCUT2D eigenvalue weighted by Gasteiger charge is 2.21. The molecule has 6 nitrogen and oxygen atoms in total. The molecule has 0 saturated heterocycles. The molecule has 0 unspecified atom stereocenters. The van der Waals surface area contributed by atoms with Gasteiger partial charge in [0, 0.05) is 6.42 Å². The number of hydrogen-bond donors (Lipinski definition) is 2. The summed E-state index contributed by atoms with van der Waals surface area (Å²) in [6, 6.07) is 7.99. The molecule has 108 valence electrons. The molecule has 2 N–H and O–H groups in total. The highest BCUT2D eigenvalue weighted by Crippen LogP contribution is 2.05. The van der Waals surface area contributed by atoms with Crippen LogP contribution < -0.4 is 5.32 Å². The van der Waals surface area contributed by atoms with Gasteiger partial charge in [-0.05, 0) is 5.56 Å². The maximum absolute atomic E-state index is 11.9. The summed E-state index contributed by atoms with van der Waals surface area (Å²) in [4.78, 5) is 30.7. The third-order valence-corrected chi connectivity index (χ3v) is 2.93. The first-order chi connectivity index (χ1) is 10.1. The van der Waals surface area contributed by atoms with Crippen molar-refractivity contribution in [2.24, 2.45) is 0 Å². The number of aromatic nitrogens is 2. The first-order valence-electron chi connectivity index (χ1n) is 6.11. The molecule has 7 heteroatoms. The fraction of sp³-hybridized carbons (Fsp3) is 0.143. The van der Waals surface area contributed by atoms with E-state index in [2.05, 4.69) is 15.3 Å². The zero-order chi connectivity index (χ0) is 15.2. The number of hydrogen-bond acceptors (Lipinski definition) is 4. The smallest absolute Gasteiger partial charge is 0.326 e. The van der Waals surface area contributed by atoms with Crippen molar-refractivity contribution >= 4 is 23.5 Å². The SMILES string of the molecule is O=C(N[C@@H](Cc1ccccc1)C(=O)O)c1cnc(Cl)cn1. The van der Waals surface area contributed by atoms with Crippen LogP contribution in [0.5, 0.6) is 0 Å². The van der Waals surface area contributed by atoms with Crippen molar-refractivity contribution in [3.8, 4) is 0 Å². The summed E-state index contributed by atoms with van der Waals surface area (Å²) in [5, 5.41) is 11.8. The topological polar surface area (TPSA) is 92.2 Å². The van der Waals surface area contributed by atoms with Crippen molar-refractivity contribution in [3.63, 3.8) is 0 Å². The summed E-state index contributed by atoms with van der Waals surface area (Å²) >= 11 is 5.58. The van der Waals surface area contributed by atoms with Crippen LogP contribution in [0, 0.1) is 0 Å². The van der Waals surface area contributed by atoms with Crippen LogP contribution in [-0.2, 0) is 11.2 Å². The van der Waals surface area contributed by atoms with Crippen molar-refractivity contribution in [2.45, 2.75) is 12.5 Å². The molecule has 0 radical (unpaired) electrons.